The number of ether oxygens (including phenoxy) is 1. The third-order valence-electron chi connectivity index (χ3n) is 4.21. The summed E-state index contributed by atoms with van der Waals surface area (Å²) < 4.78 is 25.1. The molecule has 1 aromatic heterocycles. The van der Waals surface area contributed by atoms with Crippen LogP contribution in [-0.2, 0) is 26.6 Å². The van der Waals surface area contributed by atoms with Crippen LogP contribution in [0.25, 0.3) is 0 Å². The van der Waals surface area contributed by atoms with Gasteiger partial charge in [0.1, 0.15) is 5.60 Å². The second-order valence-electron chi connectivity index (χ2n) is 7.51. The van der Waals surface area contributed by atoms with E-state index in [-0.39, 0.29) is 11.8 Å². The number of amides is 1. The van der Waals surface area contributed by atoms with E-state index in [2.05, 4.69) is 9.97 Å². The molecule has 1 atom stereocenters. The van der Waals surface area contributed by atoms with Crippen LogP contribution in [0.5, 0.6) is 0 Å². The summed E-state index contributed by atoms with van der Waals surface area (Å²) in [5.74, 6) is 1.25. The molecule has 0 bridgehead atoms. The maximum Gasteiger partial charge on any atom is 0.410 e. The predicted octanol–water partition coefficient (Wildman–Crippen LogP) is 1.64. The van der Waals surface area contributed by atoms with E-state index in [4.69, 9.17) is 9.52 Å². The van der Waals surface area contributed by atoms with Crippen molar-refractivity contribution in [2.24, 2.45) is 0 Å². The fourth-order valence-electron chi connectivity index (χ4n) is 2.92. The van der Waals surface area contributed by atoms with Gasteiger partial charge in [-0.2, -0.15) is 0 Å². The minimum absolute atomic E-state index is 0.245. The lowest BCUT2D eigenvalue weighted by molar-refractivity contribution is 0.0240. The number of fused-ring (bicyclic) bond motifs is 1. The van der Waals surface area contributed by atoms with Crippen LogP contribution in [0, 0.1) is 4.78 Å². The molecular formula is C16H25N5O3S. The summed E-state index contributed by atoms with van der Waals surface area (Å²) in [7, 11) is -2.52. The average molecular weight is 367 g/mol. The van der Waals surface area contributed by atoms with Crippen molar-refractivity contribution in [3.8, 4) is 0 Å². The summed E-state index contributed by atoms with van der Waals surface area (Å²) in [4.78, 5) is 24.9. The molecule has 1 aromatic rings. The van der Waals surface area contributed by atoms with Crippen LogP contribution in [0.4, 0.5) is 10.7 Å². The van der Waals surface area contributed by atoms with Crippen molar-refractivity contribution in [1.29, 1.82) is 4.78 Å². The van der Waals surface area contributed by atoms with Crippen molar-refractivity contribution in [2.75, 3.05) is 36.8 Å². The molecule has 25 heavy (non-hydrogen) atoms. The number of hydrogen-bond donors (Lipinski definition) is 1. The zero-order valence-electron chi connectivity index (χ0n) is 14.9. The summed E-state index contributed by atoms with van der Waals surface area (Å²) in [6, 6.07) is 0. The van der Waals surface area contributed by atoms with E-state index in [0.29, 0.717) is 44.3 Å². The van der Waals surface area contributed by atoms with Crippen molar-refractivity contribution in [3.63, 3.8) is 0 Å². The number of hydrogen-bond acceptors (Lipinski definition) is 7. The van der Waals surface area contributed by atoms with E-state index in [9.17, 15) is 9.00 Å². The third kappa shape index (κ3) is 4.39. The Kier molecular flexibility index (Phi) is 4.61. The van der Waals surface area contributed by atoms with E-state index in [1.165, 1.54) is 0 Å². The lowest BCUT2D eigenvalue weighted by Crippen LogP contribution is -2.50. The summed E-state index contributed by atoms with van der Waals surface area (Å²) in [6.07, 6.45) is 1.97. The number of nitrogens with zero attached hydrogens (tertiary/aromatic N) is 4. The number of carbonyl (C=O) groups is 1. The largest absolute Gasteiger partial charge is 0.444 e. The van der Waals surface area contributed by atoms with Gasteiger partial charge in [0.2, 0.25) is 5.95 Å². The normalized spacial score (nSPS) is 24.0. The van der Waals surface area contributed by atoms with Gasteiger partial charge in [-0.3, -0.25) is 4.78 Å². The van der Waals surface area contributed by atoms with Crippen LogP contribution in [0.1, 0.15) is 32.0 Å². The van der Waals surface area contributed by atoms with Crippen molar-refractivity contribution in [1.82, 2.24) is 14.9 Å². The smallest absolute Gasteiger partial charge is 0.410 e. The van der Waals surface area contributed by atoms with Crippen molar-refractivity contribution in [2.45, 2.75) is 38.5 Å². The van der Waals surface area contributed by atoms with Crippen molar-refractivity contribution in [3.05, 3.63) is 17.5 Å². The quantitative estimate of drug-likeness (QED) is 0.810. The molecular weight excluding hydrogens is 342 g/mol. The molecule has 0 spiro atoms. The third-order valence-corrected chi connectivity index (χ3v) is 5.85. The second-order valence-corrected chi connectivity index (χ2v) is 9.83. The van der Waals surface area contributed by atoms with Crippen LogP contribution in [0.15, 0.2) is 6.20 Å². The first-order chi connectivity index (χ1) is 11.6. The Balaban J connectivity index is 1.63. The van der Waals surface area contributed by atoms with E-state index < -0.39 is 15.3 Å². The van der Waals surface area contributed by atoms with E-state index >= 15 is 0 Å². The molecule has 3 heterocycles. The zero-order valence-corrected chi connectivity index (χ0v) is 15.8. The van der Waals surface area contributed by atoms with Gasteiger partial charge in [0.25, 0.3) is 0 Å². The Morgan fingerprint density at radius 3 is 2.60 bits per heavy atom. The van der Waals surface area contributed by atoms with Crippen molar-refractivity contribution < 1.29 is 13.7 Å². The van der Waals surface area contributed by atoms with E-state index in [1.54, 1.807) is 11.1 Å². The SMILES string of the molecule is CC(C)(C)OC(=O)N1CCN(c2ncc3c(n2)CCS(=N)(=O)C3)CC1. The Hall–Kier alpha value is -1.90. The topological polar surface area (TPSA) is 99.5 Å². The number of carbonyl (C=O) groups excluding carboxylic acids is 1. The first-order valence-electron chi connectivity index (χ1n) is 8.45. The van der Waals surface area contributed by atoms with Gasteiger partial charge in [0.05, 0.1) is 11.4 Å². The Morgan fingerprint density at radius 2 is 1.96 bits per heavy atom. The summed E-state index contributed by atoms with van der Waals surface area (Å²) in [5.41, 5.74) is 1.22. The fourth-order valence-corrected chi connectivity index (χ4v) is 4.33. The molecule has 1 saturated heterocycles. The molecule has 9 heteroatoms. The van der Waals surface area contributed by atoms with Crippen LogP contribution < -0.4 is 4.90 Å². The molecule has 0 radical (unpaired) electrons. The first-order valence-corrected chi connectivity index (χ1v) is 10.3. The lowest BCUT2D eigenvalue weighted by Gasteiger charge is -2.35. The molecule has 138 valence electrons. The number of piperazine rings is 1. The molecule has 8 nitrogen and oxygen atoms in total. The van der Waals surface area contributed by atoms with Gasteiger partial charge in [0.15, 0.2) is 0 Å². The molecule has 3 rings (SSSR count). The van der Waals surface area contributed by atoms with Gasteiger partial charge in [-0.25, -0.2) is 19.0 Å². The number of anilines is 1. The van der Waals surface area contributed by atoms with Gasteiger partial charge in [-0.1, -0.05) is 0 Å². The van der Waals surface area contributed by atoms with Gasteiger partial charge < -0.3 is 14.5 Å². The Labute approximate surface area is 148 Å². The van der Waals surface area contributed by atoms with Crippen molar-refractivity contribution >= 4 is 21.8 Å². The highest BCUT2D eigenvalue weighted by Crippen LogP contribution is 2.22. The Morgan fingerprint density at radius 1 is 1.28 bits per heavy atom. The number of aromatic nitrogens is 2. The molecule has 2 aliphatic heterocycles. The highest BCUT2D eigenvalue weighted by atomic mass is 32.2. The molecule has 2 aliphatic rings. The highest BCUT2D eigenvalue weighted by Gasteiger charge is 2.27. The summed E-state index contributed by atoms with van der Waals surface area (Å²) >= 11 is 0. The highest BCUT2D eigenvalue weighted by molar-refractivity contribution is 7.91. The maximum absolute atomic E-state index is 12.1. The fraction of sp³-hybridized carbons (Fsp3) is 0.688. The van der Waals surface area contributed by atoms with Crippen LogP contribution >= 0.6 is 0 Å². The molecule has 1 fully saturated rings. The first kappa shape index (κ1) is 17.9. The standard InChI is InChI=1S/C16H25N5O3S/c1-16(2,3)24-15(22)21-7-5-20(6-8-21)14-18-10-12-11-25(17,23)9-4-13(12)19-14/h10,17H,4-9,11H2,1-3H3. The molecule has 0 saturated carbocycles. The number of rotatable bonds is 1. The van der Waals surface area contributed by atoms with Crippen LogP contribution in [0.3, 0.4) is 0 Å². The maximum atomic E-state index is 12.1. The monoisotopic (exact) mass is 367 g/mol. The van der Waals surface area contributed by atoms with Gasteiger partial charge in [-0.15, -0.1) is 0 Å². The lowest BCUT2D eigenvalue weighted by atomic mass is 10.2. The van der Waals surface area contributed by atoms with Gasteiger partial charge in [0, 0.05) is 59.8 Å². The number of aryl methyl sites for hydroxylation is 1. The molecule has 0 aromatic carbocycles. The van der Waals surface area contributed by atoms with E-state index in [1.807, 2.05) is 25.7 Å². The predicted molar refractivity (Wildman–Crippen MR) is 95.2 cm³/mol. The summed E-state index contributed by atoms with van der Waals surface area (Å²) in [6.45, 7) is 8.00. The van der Waals surface area contributed by atoms with Gasteiger partial charge in [-0.05, 0) is 20.8 Å². The molecule has 0 aliphatic carbocycles. The minimum atomic E-state index is -2.52. The van der Waals surface area contributed by atoms with Gasteiger partial charge >= 0.3 is 6.09 Å². The molecule has 1 unspecified atom stereocenters. The second kappa shape index (κ2) is 6.44. The minimum Gasteiger partial charge on any atom is -0.444 e. The van der Waals surface area contributed by atoms with Crippen LogP contribution in [-0.4, -0.2) is 62.7 Å². The number of nitrogens with one attached hydrogen (secondary N) is 1. The zero-order chi connectivity index (χ0) is 18.2. The molecule has 1 N–H and O–H groups in total. The summed E-state index contributed by atoms with van der Waals surface area (Å²) in [5, 5.41) is 0. The Bertz CT molecular complexity index is 764. The van der Waals surface area contributed by atoms with E-state index in [0.717, 1.165) is 11.3 Å². The average Bonchev–Trinajstić information content (AvgIpc) is 2.52. The van der Waals surface area contributed by atoms with Crippen LogP contribution in [0.2, 0.25) is 0 Å². The molecule has 1 amide bonds.